The Labute approximate surface area is 167 Å². The predicted octanol–water partition coefficient (Wildman–Crippen LogP) is 1.20. The molecule has 0 radical (unpaired) electrons. The summed E-state index contributed by atoms with van der Waals surface area (Å²) in [6.45, 7) is 2.11. The number of ether oxygens (including phenoxy) is 2. The summed E-state index contributed by atoms with van der Waals surface area (Å²) in [5, 5.41) is 0. The standard InChI is InChI=1S/C19H29N3O5S/c1-20(2)28(24,25)22-10-7-17(8-11-22)27-18-6-4-5-15(13-18)19(23)21(3)16-9-12-26-14-16/h4-6,13,16-17H,7-12,14H2,1-3H3/t16-/m0/s1. The van der Waals surface area contributed by atoms with Crippen LogP contribution in [0, 0.1) is 0 Å². The zero-order valence-corrected chi connectivity index (χ0v) is 17.5. The summed E-state index contributed by atoms with van der Waals surface area (Å²) in [6, 6.07) is 7.30. The van der Waals surface area contributed by atoms with Crippen LogP contribution in [0.4, 0.5) is 0 Å². The number of hydrogen-bond acceptors (Lipinski definition) is 5. The molecule has 8 nitrogen and oxygen atoms in total. The van der Waals surface area contributed by atoms with Crippen LogP contribution < -0.4 is 4.74 Å². The number of carbonyl (C=O) groups excluding carboxylic acids is 1. The van der Waals surface area contributed by atoms with Gasteiger partial charge in [-0.25, -0.2) is 0 Å². The number of likely N-dealkylation sites (N-methyl/N-ethyl adjacent to an activating group) is 1. The van der Waals surface area contributed by atoms with Gasteiger partial charge in [0.2, 0.25) is 0 Å². The van der Waals surface area contributed by atoms with Crippen molar-refractivity contribution in [3.63, 3.8) is 0 Å². The zero-order valence-electron chi connectivity index (χ0n) is 16.7. The van der Waals surface area contributed by atoms with E-state index in [1.54, 1.807) is 24.1 Å². The van der Waals surface area contributed by atoms with Crippen molar-refractivity contribution in [2.45, 2.75) is 31.4 Å². The van der Waals surface area contributed by atoms with Gasteiger partial charge in [-0.3, -0.25) is 4.79 Å². The predicted molar refractivity (Wildman–Crippen MR) is 106 cm³/mol. The van der Waals surface area contributed by atoms with Gasteiger partial charge in [-0.05, 0) is 37.5 Å². The second kappa shape index (κ2) is 8.77. The highest BCUT2D eigenvalue weighted by atomic mass is 32.2. The van der Waals surface area contributed by atoms with Gasteiger partial charge >= 0.3 is 0 Å². The maximum absolute atomic E-state index is 12.7. The number of piperidine rings is 1. The van der Waals surface area contributed by atoms with Crippen LogP contribution in [0.3, 0.4) is 0 Å². The highest BCUT2D eigenvalue weighted by Gasteiger charge is 2.30. The molecule has 1 aromatic rings. The molecule has 2 heterocycles. The van der Waals surface area contributed by atoms with Gasteiger partial charge in [-0.1, -0.05) is 6.07 Å². The van der Waals surface area contributed by atoms with Crippen LogP contribution in [0.1, 0.15) is 29.6 Å². The molecule has 0 spiro atoms. The summed E-state index contributed by atoms with van der Waals surface area (Å²) in [5.41, 5.74) is 0.583. The molecule has 2 aliphatic heterocycles. The first kappa shape index (κ1) is 21.0. The first-order valence-electron chi connectivity index (χ1n) is 9.58. The van der Waals surface area contributed by atoms with Gasteiger partial charge in [-0.2, -0.15) is 17.0 Å². The second-order valence-electron chi connectivity index (χ2n) is 7.47. The van der Waals surface area contributed by atoms with Crippen LogP contribution in [0.25, 0.3) is 0 Å². The third-order valence-electron chi connectivity index (χ3n) is 5.35. The largest absolute Gasteiger partial charge is 0.490 e. The Balaban J connectivity index is 1.59. The molecule has 0 unspecified atom stereocenters. The van der Waals surface area contributed by atoms with E-state index in [1.165, 1.54) is 22.7 Å². The van der Waals surface area contributed by atoms with Crippen molar-refractivity contribution in [1.82, 2.24) is 13.5 Å². The fourth-order valence-corrected chi connectivity index (χ4v) is 4.64. The Kier molecular flexibility index (Phi) is 6.59. The van der Waals surface area contributed by atoms with Gasteiger partial charge in [-0.15, -0.1) is 0 Å². The molecule has 2 aliphatic rings. The van der Waals surface area contributed by atoms with Crippen LogP contribution in [0.2, 0.25) is 0 Å². The van der Waals surface area contributed by atoms with E-state index in [4.69, 9.17) is 9.47 Å². The summed E-state index contributed by atoms with van der Waals surface area (Å²) in [5.74, 6) is 0.587. The molecule has 2 fully saturated rings. The van der Waals surface area contributed by atoms with Crippen molar-refractivity contribution in [3.8, 4) is 5.75 Å². The molecule has 0 saturated carbocycles. The molecule has 0 bridgehead atoms. The molecule has 1 aromatic carbocycles. The third kappa shape index (κ3) is 4.65. The van der Waals surface area contributed by atoms with E-state index in [-0.39, 0.29) is 18.1 Å². The summed E-state index contributed by atoms with van der Waals surface area (Å²) in [4.78, 5) is 14.5. The van der Waals surface area contributed by atoms with Crippen LogP contribution in [-0.2, 0) is 14.9 Å². The van der Waals surface area contributed by atoms with Gasteiger partial charge < -0.3 is 14.4 Å². The Morgan fingerprint density at radius 3 is 2.50 bits per heavy atom. The molecule has 9 heteroatoms. The van der Waals surface area contributed by atoms with E-state index < -0.39 is 10.2 Å². The summed E-state index contributed by atoms with van der Waals surface area (Å²) in [7, 11) is 1.49. The van der Waals surface area contributed by atoms with E-state index >= 15 is 0 Å². The van der Waals surface area contributed by atoms with Crippen LogP contribution >= 0.6 is 0 Å². The maximum Gasteiger partial charge on any atom is 0.281 e. The molecular formula is C19H29N3O5S. The van der Waals surface area contributed by atoms with E-state index in [0.717, 1.165) is 6.42 Å². The molecule has 0 N–H and O–H groups in total. The second-order valence-corrected chi connectivity index (χ2v) is 9.61. The molecule has 156 valence electrons. The molecule has 3 rings (SSSR count). The van der Waals surface area contributed by atoms with Gasteiger partial charge in [0, 0.05) is 46.4 Å². The molecule has 2 saturated heterocycles. The lowest BCUT2D eigenvalue weighted by Gasteiger charge is -2.33. The van der Waals surface area contributed by atoms with E-state index in [1.807, 2.05) is 12.1 Å². The minimum Gasteiger partial charge on any atom is -0.490 e. The van der Waals surface area contributed by atoms with Gasteiger partial charge in [0.25, 0.3) is 16.1 Å². The number of nitrogens with zero attached hydrogens (tertiary/aromatic N) is 3. The SMILES string of the molecule is CN(C(=O)c1cccc(OC2CCN(S(=O)(=O)N(C)C)CC2)c1)[C@H]1CCOC1. The van der Waals surface area contributed by atoms with E-state index in [0.29, 0.717) is 50.5 Å². The number of benzene rings is 1. The lowest BCUT2D eigenvalue weighted by Crippen LogP contribution is -2.46. The number of hydrogen-bond donors (Lipinski definition) is 0. The summed E-state index contributed by atoms with van der Waals surface area (Å²) < 4.78 is 38.5. The maximum atomic E-state index is 12.7. The lowest BCUT2D eigenvalue weighted by molar-refractivity contribution is 0.0710. The van der Waals surface area contributed by atoms with E-state index in [2.05, 4.69) is 0 Å². The Hall–Kier alpha value is -1.68. The quantitative estimate of drug-likeness (QED) is 0.703. The first-order valence-corrected chi connectivity index (χ1v) is 11.0. The van der Waals surface area contributed by atoms with Gasteiger partial charge in [0.15, 0.2) is 0 Å². The smallest absolute Gasteiger partial charge is 0.281 e. The summed E-state index contributed by atoms with van der Waals surface area (Å²) >= 11 is 0. The lowest BCUT2D eigenvalue weighted by atomic mass is 10.1. The fourth-order valence-electron chi connectivity index (χ4n) is 3.50. The van der Waals surface area contributed by atoms with Crippen molar-refractivity contribution in [3.05, 3.63) is 29.8 Å². The van der Waals surface area contributed by atoms with Crippen LogP contribution in [0.5, 0.6) is 5.75 Å². The van der Waals surface area contributed by atoms with Crippen molar-refractivity contribution in [1.29, 1.82) is 0 Å². The molecule has 1 atom stereocenters. The number of amides is 1. The van der Waals surface area contributed by atoms with Crippen molar-refractivity contribution in [2.24, 2.45) is 0 Å². The highest BCUT2D eigenvalue weighted by molar-refractivity contribution is 7.86. The molecule has 0 aliphatic carbocycles. The average molecular weight is 412 g/mol. The molecule has 1 amide bonds. The zero-order chi connectivity index (χ0) is 20.3. The third-order valence-corrected chi connectivity index (χ3v) is 7.29. The fraction of sp³-hybridized carbons (Fsp3) is 0.632. The number of rotatable bonds is 6. The van der Waals surface area contributed by atoms with E-state index in [9.17, 15) is 13.2 Å². The molecule has 28 heavy (non-hydrogen) atoms. The number of carbonyl (C=O) groups is 1. The topological polar surface area (TPSA) is 79.4 Å². The van der Waals surface area contributed by atoms with Gasteiger partial charge in [0.05, 0.1) is 12.6 Å². The Morgan fingerprint density at radius 2 is 1.89 bits per heavy atom. The van der Waals surface area contributed by atoms with Crippen molar-refractivity contribution < 1.29 is 22.7 Å². The molecule has 0 aromatic heterocycles. The normalized spacial score (nSPS) is 21.8. The van der Waals surface area contributed by atoms with Crippen molar-refractivity contribution in [2.75, 3.05) is 47.4 Å². The van der Waals surface area contributed by atoms with Gasteiger partial charge in [0.1, 0.15) is 11.9 Å². The average Bonchev–Trinajstić information content (AvgIpc) is 3.22. The van der Waals surface area contributed by atoms with Crippen LogP contribution in [-0.4, -0.2) is 87.4 Å². The highest BCUT2D eigenvalue weighted by Crippen LogP contribution is 2.23. The van der Waals surface area contributed by atoms with Crippen molar-refractivity contribution >= 4 is 16.1 Å². The Morgan fingerprint density at radius 1 is 1.18 bits per heavy atom. The monoisotopic (exact) mass is 411 g/mol. The molecular weight excluding hydrogens is 382 g/mol. The Bertz CT molecular complexity index is 785. The minimum absolute atomic E-state index is 0.0483. The first-order chi connectivity index (χ1) is 13.3. The summed E-state index contributed by atoms with van der Waals surface area (Å²) in [6.07, 6.45) is 2.02. The van der Waals surface area contributed by atoms with Crippen LogP contribution in [0.15, 0.2) is 24.3 Å². The minimum atomic E-state index is -3.38.